The van der Waals surface area contributed by atoms with Crippen LogP contribution in [-0.2, 0) is 18.2 Å². The third kappa shape index (κ3) is 1.86. The second kappa shape index (κ2) is 4.46. The molecular weight excluding hydrogens is 228 g/mol. The molecular formula is C13H22N4O. The minimum Gasteiger partial charge on any atom is -0.394 e. The molecule has 0 saturated carbocycles. The van der Waals surface area contributed by atoms with Gasteiger partial charge in [-0.15, -0.1) is 0 Å². The topological polar surface area (TPSA) is 65.1 Å². The van der Waals surface area contributed by atoms with Crippen LogP contribution < -0.4 is 11.1 Å². The Hall–Kier alpha value is -1.23. The molecule has 2 bridgehead atoms. The fraction of sp³-hybridized carbons (Fsp3) is 0.769. The van der Waals surface area contributed by atoms with Gasteiger partial charge in [0.05, 0.1) is 23.6 Å². The molecule has 3 rings (SSSR count). The minimum absolute atomic E-state index is 0.461. The zero-order valence-electron chi connectivity index (χ0n) is 11.1. The second-order valence-corrected chi connectivity index (χ2v) is 5.44. The van der Waals surface area contributed by atoms with Crippen molar-refractivity contribution >= 4 is 11.5 Å². The van der Waals surface area contributed by atoms with E-state index in [1.54, 1.807) is 0 Å². The van der Waals surface area contributed by atoms with Crippen LogP contribution >= 0.6 is 0 Å². The highest BCUT2D eigenvalue weighted by atomic mass is 16.5. The summed E-state index contributed by atoms with van der Waals surface area (Å²) in [5.41, 5.74) is 7.87. The standard InChI is InChI=1S/C13H22N4O/c1-3-10-12(14)13(17(2)16-10)15-7-8-6-9-4-5-11(8)18-9/h8-9,11,15H,3-7,14H2,1-2H3. The van der Waals surface area contributed by atoms with Gasteiger partial charge in [0.1, 0.15) is 5.82 Å². The summed E-state index contributed by atoms with van der Waals surface area (Å²) in [5, 5.41) is 7.88. The van der Waals surface area contributed by atoms with Crippen molar-refractivity contribution in [1.29, 1.82) is 0 Å². The predicted octanol–water partition coefficient (Wildman–Crippen LogP) is 1.54. The van der Waals surface area contributed by atoms with Crippen LogP contribution in [0.3, 0.4) is 0 Å². The van der Waals surface area contributed by atoms with Crippen LogP contribution in [0, 0.1) is 5.92 Å². The number of rotatable bonds is 4. The smallest absolute Gasteiger partial charge is 0.147 e. The number of nitrogens with zero attached hydrogens (tertiary/aromatic N) is 2. The molecule has 3 atom stereocenters. The number of nitrogens with one attached hydrogen (secondary N) is 1. The van der Waals surface area contributed by atoms with Crippen LogP contribution in [0.5, 0.6) is 0 Å². The van der Waals surface area contributed by atoms with E-state index >= 15 is 0 Å². The maximum Gasteiger partial charge on any atom is 0.147 e. The SMILES string of the molecule is CCc1nn(C)c(NCC2CC3CCC2O3)c1N. The van der Waals surface area contributed by atoms with Crippen molar-refractivity contribution in [2.45, 2.75) is 44.8 Å². The average molecular weight is 250 g/mol. The molecule has 100 valence electrons. The van der Waals surface area contributed by atoms with Gasteiger partial charge < -0.3 is 15.8 Å². The highest BCUT2D eigenvalue weighted by molar-refractivity contribution is 5.65. The van der Waals surface area contributed by atoms with E-state index in [2.05, 4.69) is 17.3 Å². The van der Waals surface area contributed by atoms with Gasteiger partial charge in [0, 0.05) is 19.5 Å². The Morgan fingerprint density at radius 1 is 1.50 bits per heavy atom. The highest BCUT2D eigenvalue weighted by Gasteiger charge is 2.40. The molecule has 3 heterocycles. The lowest BCUT2D eigenvalue weighted by Gasteiger charge is -2.19. The number of hydrogen-bond acceptors (Lipinski definition) is 4. The molecule has 2 fully saturated rings. The number of aromatic nitrogens is 2. The van der Waals surface area contributed by atoms with Crippen molar-refractivity contribution in [3.63, 3.8) is 0 Å². The lowest BCUT2D eigenvalue weighted by atomic mass is 9.89. The molecule has 2 saturated heterocycles. The van der Waals surface area contributed by atoms with E-state index < -0.39 is 0 Å². The summed E-state index contributed by atoms with van der Waals surface area (Å²) in [4.78, 5) is 0. The summed E-state index contributed by atoms with van der Waals surface area (Å²) in [6, 6.07) is 0. The number of nitrogen functional groups attached to an aromatic ring is 1. The van der Waals surface area contributed by atoms with E-state index in [9.17, 15) is 0 Å². The third-order valence-electron chi connectivity index (χ3n) is 4.26. The summed E-state index contributed by atoms with van der Waals surface area (Å²) in [6.45, 7) is 3.01. The second-order valence-electron chi connectivity index (χ2n) is 5.44. The molecule has 1 aromatic heterocycles. The first-order valence-electron chi connectivity index (χ1n) is 6.89. The Morgan fingerprint density at radius 3 is 2.89 bits per heavy atom. The molecule has 1 aromatic rings. The fourth-order valence-electron chi connectivity index (χ4n) is 3.25. The van der Waals surface area contributed by atoms with Crippen molar-refractivity contribution in [3.05, 3.63) is 5.69 Å². The highest BCUT2D eigenvalue weighted by Crippen LogP contribution is 2.39. The quantitative estimate of drug-likeness (QED) is 0.851. The van der Waals surface area contributed by atoms with Gasteiger partial charge in [-0.3, -0.25) is 4.68 Å². The van der Waals surface area contributed by atoms with Crippen LogP contribution in [-0.4, -0.2) is 28.5 Å². The molecule has 0 amide bonds. The molecule has 0 spiro atoms. The molecule has 5 nitrogen and oxygen atoms in total. The van der Waals surface area contributed by atoms with E-state index in [0.717, 1.165) is 30.2 Å². The van der Waals surface area contributed by atoms with Gasteiger partial charge in [-0.1, -0.05) is 6.92 Å². The molecule has 0 aliphatic carbocycles. The molecule has 18 heavy (non-hydrogen) atoms. The summed E-state index contributed by atoms with van der Waals surface area (Å²) in [5.74, 6) is 1.58. The minimum atomic E-state index is 0.461. The van der Waals surface area contributed by atoms with E-state index in [1.165, 1.54) is 19.3 Å². The summed E-state index contributed by atoms with van der Waals surface area (Å²) in [6.07, 6.45) is 5.50. The molecule has 0 radical (unpaired) electrons. The van der Waals surface area contributed by atoms with Gasteiger partial charge in [0.25, 0.3) is 0 Å². The Kier molecular flexibility index (Phi) is 2.93. The van der Waals surface area contributed by atoms with Crippen LogP contribution in [0.15, 0.2) is 0 Å². The van der Waals surface area contributed by atoms with E-state index in [1.807, 2.05) is 11.7 Å². The zero-order chi connectivity index (χ0) is 12.7. The summed E-state index contributed by atoms with van der Waals surface area (Å²) in [7, 11) is 1.94. The van der Waals surface area contributed by atoms with Crippen molar-refractivity contribution < 1.29 is 4.74 Å². The molecule has 3 N–H and O–H groups in total. The van der Waals surface area contributed by atoms with Gasteiger partial charge in [0.2, 0.25) is 0 Å². The Balaban J connectivity index is 1.65. The fourth-order valence-corrected chi connectivity index (χ4v) is 3.25. The number of hydrogen-bond donors (Lipinski definition) is 2. The Morgan fingerprint density at radius 2 is 2.33 bits per heavy atom. The van der Waals surface area contributed by atoms with Gasteiger partial charge in [-0.05, 0) is 25.7 Å². The van der Waals surface area contributed by atoms with Crippen LogP contribution in [0.2, 0.25) is 0 Å². The van der Waals surface area contributed by atoms with E-state index in [4.69, 9.17) is 10.5 Å². The normalized spacial score (nSPS) is 30.0. The summed E-state index contributed by atoms with van der Waals surface area (Å²) < 4.78 is 7.72. The largest absolute Gasteiger partial charge is 0.394 e. The molecule has 0 aromatic carbocycles. The van der Waals surface area contributed by atoms with Gasteiger partial charge in [-0.25, -0.2) is 0 Å². The first-order chi connectivity index (χ1) is 8.69. The average Bonchev–Trinajstić information content (AvgIpc) is 3.03. The lowest BCUT2D eigenvalue weighted by Crippen LogP contribution is -2.25. The maximum absolute atomic E-state index is 6.10. The monoisotopic (exact) mass is 250 g/mol. The zero-order valence-corrected chi connectivity index (χ0v) is 11.1. The number of anilines is 2. The number of fused-ring (bicyclic) bond motifs is 2. The number of nitrogens with two attached hydrogens (primary N) is 1. The Bertz CT molecular complexity index is 442. The molecule has 2 aliphatic heterocycles. The molecule has 2 aliphatic rings. The number of ether oxygens (including phenoxy) is 1. The third-order valence-corrected chi connectivity index (χ3v) is 4.26. The first kappa shape index (κ1) is 11.8. The van der Waals surface area contributed by atoms with Gasteiger partial charge in [0.15, 0.2) is 0 Å². The lowest BCUT2D eigenvalue weighted by molar-refractivity contribution is 0.0941. The van der Waals surface area contributed by atoms with Crippen molar-refractivity contribution in [2.75, 3.05) is 17.6 Å². The van der Waals surface area contributed by atoms with Crippen molar-refractivity contribution in [2.24, 2.45) is 13.0 Å². The predicted molar refractivity (Wildman–Crippen MR) is 71.5 cm³/mol. The van der Waals surface area contributed by atoms with E-state index in [-0.39, 0.29) is 0 Å². The maximum atomic E-state index is 6.10. The van der Waals surface area contributed by atoms with Gasteiger partial charge in [-0.2, -0.15) is 5.10 Å². The van der Waals surface area contributed by atoms with Crippen LogP contribution in [0.1, 0.15) is 31.9 Å². The van der Waals surface area contributed by atoms with Gasteiger partial charge >= 0.3 is 0 Å². The van der Waals surface area contributed by atoms with Crippen molar-refractivity contribution in [1.82, 2.24) is 9.78 Å². The van der Waals surface area contributed by atoms with Crippen LogP contribution in [0.4, 0.5) is 11.5 Å². The molecule has 5 heteroatoms. The van der Waals surface area contributed by atoms with Crippen molar-refractivity contribution in [3.8, 4) is 0 Å². The number of aryl methyl sites for hydroxylation is 2. The first-order valence-corrected chi connectivity index (χ1v) is 6.89. The molecule has 3 unspecified atom stereocenters. The van der Waals surface area contributed by atoms with Crippen LogP contribution in [0.25, 0.3) is 0 Å². The Labute approximate surface area is 108 Å². The van der Waals surface area contributed by atoms with E-state index in [0.29, 0.717) is 18.1 Å². The summed E-state index contributed by atoms with van der Waals surface area (Å²) >= 11 is 0.